The summed E-state index contributed by atoms with van der Waals surface area (Å²) >= 11 is 0. The molecule has 0 aromatic carbocycles. The summed E-state index contributed by atoms with van der Waals surface area (Å²) in [5.74, 6) is -0.177. The molecule has 0 bridgehead atoms. The van der Waals surface area contributed by atoms with E-state index in [-0.39, 0.29) is 18.1 Å². The lowest BCUT2D eigenvalue weighted by molar-refractivity contribution is -0.00697. The number of rotatable bonds is 3. The van der Waals surface area contributed by atoms with Crippen molar-refractivity contribution in [3.8, 4) is 0 Å². The topological polar surface area (TPSA) is 79.9 Å². The van der Waals surface area contributed by atoms with Crippen LogP contribution in [-0.4, -0.2) is 27.2 Å². The summed E-state index contributed by atoms with van der Waals surface area (Å²) in [5.41, 5.74) is 4.25. The van der Waals surface area contributed by atoms with Gasteiger partial charge in [-0.15, -0.1) is 0 Å². The zero-order valence-electron chi connectivity index (χ0n) is 13.0. The van der Waals surface area contributed by atoms with Gasteiger partial charge in [0.15, 0.2) is 5.69 Å². The smallest absolute Gasteiger partial charge is 0.272 e. The molecule has 6 heteroatoms. The van der Waals surface area contributed by atoms with E-state index in [0.717, 1.165) is 22.5 Å². The van der Waals surface area contributed by atoms with Crippen LogP contribution in [0, 0.1) is 6.92 Å². The standard InChI is InChI=1S/C16H20N4O2/c1-9-5-4-6-17-13(9)8-18-16(21)15-12-7-10(2)22-11(3)14(12)19-20-15/h4-6,10-11H,7-8H2,1-3H3,(H,18,21)(H,19,20)/t10-,11+/m1/s1. The highest BCUT2D eigenvalue weighted by Crippen LogP contribution is 2.30. The van der Waals surface area contributed by atoms with Gasteiger partial charge in [0, 0.05) is 18.2 Å². The molecule has 2 atom stereocenters. The van der Waals surface area contributed by atoms with E-state index in [1.54, 1.807) is 6.20 Å². The van der Waals surface area contributed by atoms with E-state index in [9.17, 15) is 4.79 Å². The van der Waals surface area contributed by atoms with Crippen molar-refractivity contribution in [3.63, 3.8) is 0 Å². The molecule has 0 saturated heterocycles. The molecule has 116 valence electrons. The molecule has 1 amide bonds. The Bertz CT molecular complexity index is 695. The summed E-state index contributed by atoms with van der Waals surface area (Å²) < 4.78 is 5.74. The highest BCUT2D eigenvalue weighted by Gasteiger charge is 2.29. The second kappa shape index (κ2) is 5.88. The third kappa shape index (κ3) is 2.74. The molecule has 0 radical (unpaired) electrons. The molecule has 22 heavy (non-hydrogen) atoms. The molecular weight excluding hydrogens is 280 g/mol. The van der Waals surface area contributed by atoms with E-state index >= 15 is 0 Å². The molecule has 3 rings (SSSR count). The third-order valence-electron chi connectivity index (χ3n) is 3.98. The molecule has 0 fully saturated rings. The predicted octanol–water partition coefficient (Wildman–Crippen LogP) is 2.07. The zero-order valence-corrected chi connectivity index (χ0v) is 13.0. The molecule has 0 unspecified atom stereocenters. The number of aromatic nitrogens is 3. The second-order valence-corrected chi connectivity index (χ2v) is 5.71. The number of aryl methyl sites for hydroxylation is 1. The van der Waals surface area contributed by atoms with Crippen molar-refractivity contribution in [1.82, 2.24) is 20.5 Å². The number of ether oxygens (including phenoxy) is 1. The number of fused-ring (bicyclic) bond motifs is 1. The van der Waals surface area contributed by atoms with Crippen LogP contribution in [0.3, 0.4) is 0 Å². The molecule has 6 nitrogen and oxygen atoms in total. The number of carbonyl (C=O) groups excluding carboxylic acids is 1. The lowest BCUT2D eigenvalue weighted by Gasteiger charge is -2.25. The number of pyridine rings is 1. The Hall–Kier alpha value is -2.21. The normalized spacial score (nSPS) is 20.5. The van der Waals surface area contributed by atoms with Crippen molar-refractivity contribution in [2.24, 2.45) is 0 Å². The molecule has 0 spiro atoms. The number of carbonyl (C=O) groups is 1. The fourth-order valence-corrected chi connectivity index (χ4v) is 2.81. The van der Waals surface area contributed by atoms with Crippen molar-refractivity contribution in [3.05, 3.63) is 46.5 Å². The minimum Gasteiger partial charge on any atom is -0.369 e. The van der Waals surface area contributed by atoms with E-state index < -0.39 is 0 Å². The number of amides is 1. The molecule has 2 aromatic heterocycles. The van der Waals surface area contributed by atoms with Crippen LogP contribution >= 0.6 is 0 Å². The largest absolute Gasteiger partial charge is 0.369 e. The minimum atomic E-state index is -0.177. The van der Waals surface area contributed by atoms with E-state index in [1.165, 1.54) is 0 Å². The second-order valence-electron chi connectivity index (χ2n) is 5.71. The first kappa shape index (κ1) is 14.7. The van der Waals surface area contributed by atoms with Gasteiger partial charge in [0.1, 0.15) is 0 Å². The SMILES string of the molecule is Cc1cccnc1CNC(=O)c1n[nH]c2c1C[C@@H](C)O[C@H]2C. The lowest BCUT2D eigenvalue weighted by atomic mass is 9.99. The maximum Gasteiger partial charge on any atom is 0.272 e. The summed E-state index contributed by atoms with van der Waals surface area (Å²) in [6.45, 7) is 6.34. The van der Waals surface area contributed by atoms with E-state index in [0.29, 0.717) is 18.7 Å². The Kier molecular flexibility index (Phi) is 3.94. The molecule has 2 N–H and O–H groups in total. The van der Waals surface area contributed by atoms with E-state index in [1.807, 2.05) is 32.9 Å². The summed E-state index contributed by atoms with van der Waals surface area (Å²) in [4.78, 5) is 16.7. The monoisotopic (exact) mass is 300 g/mol. The fourth-order valence-electron chi connectivity index (χ4n) is 2.81. The maximum atomic E-state index is 12.4. The van der Waals surface area contributed by atoms with Gasteiger partial charge < -0.3 is 10.1 Å². The number of hydrogen-bond donors (Lipinski definition) is 2. The Morgan fingerprint density at radius 1 is 1.50 bits per heavy atom. The Morgan fingerprint density at radius 2 is 2.32 bits per heavy atom. The summed E-state index contributed by atoms with van der Waals surface area (Å²) in [6, 6.07) is 3.86. The molecule has 1 aliphatic rings. The average Bonchev–Trinajstić information content (AvgIpc) is 2.90. The molecule has 1 aliphatic heterocycles. The van der Waals surface area contributed by atoms with Crippen molar-refractivity contribution < 1.29 is 9.53 Å². The van der Waals surface area contributed by atoms with Gasteiger partial charge in [0.2, 0.25) is 0 Å². The minimum absolute atomic E-state index is 0.0640. The molecular formula is C16H20N4O2. The van der Waals surface area contributed by atoms with Crippen LogP contribution in [0.1, 0.15) is 53.0 Å². The first-order valence-corrected chi connectivity index (χ1v) is 7.47. The van der Waals surface area contributed by atoms with Crippen LogP contribution < -0.4 is 5.32 Å². The molecule has 2 aromatic rings. The zero-order chi connectivity index (χ0) is 15.7. The molecule has 0 saturated carbocycles. The molecule has 0 aliphatic carbocycles. The van der Waals surface area contributed by atoms with Crippen LogP contribution in [0.4, 0.5) is 0 Å². The average molecular weight is 300 g/mol. The van der Waals surface area contributed by atoms with Crippen LogP contribution in [0.2, 0.25) is 0 Å². The quantitative estimate of drug-likeness (QED) is 0.909. The van der Waals surface area contributed by atoms with Gasteiger partial charge in [-0.25, -0.2) is 0 Å². The highest BCUT2D eigenvalue weighted by molar-refractivity contribution is 5.94. The maximum absolute atomic E-state index is 12.4. The first-order valence-electron chi connectivity index (χ1n) is 7.47. The van der Waals surface area contributed by atoms with E-state index in [2.05, 4.69) is 20.5 Å². The summed E-state index contributed by atoms with van der Waals surface area (Å²) in [7, 11) is 0. The van der Waals surface area contributed by atoms with Crippen LogP contribution in [0.15, 0.2) is 18.3 Å². The van der Waals surface area contributed by atoms with Gasteiger partial charge in [-0.05, 0) is 32.4 Å². The van der Waals surface area contributed by atoms with Crippen molar-refractivity contribution in [2.75, 3.05) is 0 Å². The van der Waals surface area contributed by atoms with Crippen molar-refractivity contribution in [2.45, 2.75) is 45.9 Å². The van der Waals surface area contributed by atoms with Crippen LogP contribution in [0.5, 0.6) is 0 Å². The number of H-pyrrole nitrogens is 1. The Labute approximate surface area is 129 Å². The van der Waals surface area contributed by atoms with Gasteiger partial charge >= 0.3 is 0 Å². The Morgan fingerprint density at radius 3 is 3.09 bits per heavy atom. The lowest BCUT2D eigenvalue weighted by Crippen LogP contribution is -2.27. The van der Waals surface area contributed by atoms with E-state index in [4.69, 9.17) is 4.74 Å². The molecule has 3 heterocycles. The highest BCUT2D eigenvalue weighted by atomic mass is 16.5. The number of nitrogens with zero attached hydrogens (tertiary/aromatic N) is 2. The number of hydrogen-bond acceptors (Lipinski definition) is 4. The first-order chi connectivity index (χ1) is 10.6. The van der Waals surface area contributed by atoms with Gasteiger partial charge in [-0.2, -0.15) is 5.10 Å². The predicted molar refractivity (Wildman–Crippen MR) is 81.4 cm³/mol. The Balaban J connectivity index is 1.75. The van der Waals surface area contributed by atoms with Crippen LogP contribution in [0.25, 0.3) is 0 Å². The van der Waals surface area contributed by atoms with Crippen molar-refractivity contribution >= 4 is 5.91 Å². The summed E-state index contributed by atoms with van der Waals surface area (Å²) in [6.07, 6.45) is 2.45. The summed E-state index contributed by atoms with van der Waals surface area (Å²) in [5, 5.41) is 10.0. The fraction of sp³-hybridized carbons (Fsp3) is 0.438. The van der Waals surface area contributed by atoms with Gasteiger partial charge in [-0.3, -0.25) is 14.9 Å². The number of nitrogens with one attached hydrogen (secondary N) is 2. The van der Waals surface area contributed by atoms with Crippen LogP contribution in [-0.2, 0) is 17.7 Å². The van der Waals surface area contributed by atoms with Gasteiger partial charge in [0.25, 0.3) is 5.91 Å². The van der Waals surface area contributed by atoms with Gasteiger partial charge in [-0.1, -0.05) is 6.07 Å². The van der Waals surface area contributed by atoms with Gasteiger partial charge in [0.05, 0.1) is 30.1 Å². The third-order valence-corrected chi connectivity index (χ3v) is 3.98. The number of aromatic amines is 1. The van der Waals surface area contributed by atoms with Crippen molar-refractivity contribution in [1.29, 1.82) is 0 Å².